The number of nitrogen functional groups attached to an aromatic ring is 1. The summed E-state index contributed by atoms with van der Waals surface area (Å²) < 4.78 is 1.24. The molecule has 0 radical (unpaired) electrons. The van der Waals surface area contributed by atoms with E-state index in [0.29, 0.717) is 18.8 Å². The van der Waals surface area contributed by atoms with Crippen LogP contribution in [0.5, 0.6) is 0 Å². The van der Waals surface area contributed by atoms with Crippen molar-refractivity contribution < 1.29 is 14.4 Å². The van der Waals surface area contributed by atoms with Crippen molar-refractivity contribution >= 4 is 29.2 Å². The van der Waals surface area contributed by atoms with Gasteiger partial charge >= 0.3 is 0 Å². The van der Waals surface area contributed by atoms with E-state index in [9.17, 15) is 19.2 Å². The fraction of sp³-hybridized carbons (Fsp3) is 0.300. The van der Waals surface area contributed by atoms with E-state index in [4.69, 9.17) is 5.73 Å². The molecular weight excluding hydrogens is 374 g/mol. The van der Waals surface area contributed by atoms with Gasteiger partial charge in [-0.25, -0.2) is 0 Å². The Morgan fingerprint density at radius 3 is 2.34 bits per heavy atom. The molecule has 3 N–H and O–H groups in total. The molecule has 1 aromatic heterocycles. The topological polar surface area (TPSA) is 118 Å². The van der Waals surface area contributed by atoms with Crippen LogP contribution in [0, 0.1) is 6.92 Å². The first-order chi connectivity index (χ1) is 13.8. The van der Waals surface area contributed by atoms with Crippen molar-refractivity contribution in [2.45, 2.75) is 13.8 Å². The minimum atomic E-state index is -0.614. The smallest absolute Gasteiger partial charge is 0.262 e. The van der Waals surface area contributed by atoms with Gasteiger partial charge in [0.25, 0.3) is 17.4 Å². The van der Waals surface area contributed by atoms with Gasteiger partial charge < -0.3 is 15.5 Å². The van der Waals surface area contributed by atoms with Crippen LogP contribution in [-0.4, -0.2) is 53.4 Å². The second-order valence-electron chi connectivity index (χ2n) is 7.24. The molecule has 2 aliphatic heterocycles. The van der Waals surface area contributed by atoms with E-state index in [0.717, 1.165) is 30.4 Å². The van der Waals surface area contributed by atoms with Gasteiger partial charge in [0, 0.05) is 44.9 Å². The standard InChI is InChI=1S/C20H21N5O4/c1-11-9-13(3-4-15(11)24-7-5-23(6-8-24)12(2)26)25-16(27)10-14-17(18(25)21)20(29)22-19(14)28/h3-4,9-10H,5-8,21H2,1-2H3,(H,22,28,29). The van der Waals surface area contributed by atoms with Crippen molar-refractivity contribution in [3.05, 3.63) is 51.3 Å². The van der Waals surface area contributed by atoms with Crippen LogP contribution in [0.4, 0.5) is 11.5 Å². The minimum absolute atomic E-state index is 0.00503. The zero-order chi connectivity index (χ0) is 20.9. The number of hydrogen-bond donors (Lipinski definition) is 2. The molecule has 0 saturated carbocycles. The van der Waals surface area contributed by atoms with Crippen LogP contribution >= 0.6 is 0 Å². The lowest BCUT2D eigenvalue weighted by Gasteiger charge is -2.36. The van der Waals surface area contributed by atoms with E-state index >= 15 is 0 Å². The zero-order valence-corrected chi connectivity index (χ0v) is 16.2. The lowest BCUT2D eigenvalue weighted by molar-refractivity contribution is -0.129. The molecule has 0 unspecified atom stereocenters. The summed E-state index contributed by atoms with van der Waals surface area (Å²) in [7, 11) is 0. The number of aryl methyl sites for hydroxylation is 1. The number of nitrogens with two attached hydrogens (primary N) is 1. The highest BCUT2D eigenvalue weighted by Gasteiger charge is 2.32. The predicted molar refractivity (Wildman–Crippen MR) is 107 cm³/mol. The number of nitrogens with zero attached hydrogens (tertiary/aromatic N) is 3. The largest absolute Gasteiger partial charge is 0.384 e. The predicted octanol–water partition coefficient (Wildman–Crippen LogP) is 0.280. The van der Waals surface area contributed by atoms with Crippen molar-refractivity contribution in [3.8, 4) is 5.69 Å². The maximum absolute atomic E-state index is 12.6. The molecule has 1 aromatic carbocycles. The molecule has 2 aromatic rings. The monoisotopic (exact) mass is 395 g/mol. The van der Waals surface area contributed by atoms with E-state index in [1.807, 2.05) is 24.0 Å². The Morgan fingerprint density at radius 2 is 1.72 bits per heavy atom. The third kappa shape index (κ3) is 3.04. The maximum atomic E-state index is 12.6. The average molecular weight is 395 g/mol. The number of hydrogen-bond acceptors (Lipinski definition) is 6. The Kier molecular flexibility index (Phi) is 4.37. The molecule has 29 heavy (non-hydrogen) atoms. The first-order valence-corrected chi connectivity index (χ1v) is 9.30. The highest BCUT2D eigenvalue weighted by atomic mass is 16.2. The average Bonchev–Trinajstić information content (AvgIpc) is 2.95. The lowest BCUT2D eigenvalue weighted by Crippen LogP contribution is -2.48. The summed E-state index contributed by atoms with van der Waals surface area (Å²) in [6.45, 7) is 6.28. The van der Waals surface area contributed by atoms with Crippen molar-refractivity contribution in [2.24, 2.45) is 0 Å². The highest BCUT2D eigenvalue weighted by molar-refractivity contribution is 6.23. The quantitative estimate of drug-likeness (QED) is 0.706. The molecule has 0 spiro atoms. The van der Waals surface area contributed by atoms with Crippen LogP contribution in [-0.2, 0) is 4.79 Å². The number of carbonyl (C=O) groups excluding carboxylic acids is 3. The minimum Gasteiger partial charge on any atom is -0.384 e. The summed E-state index contributed by atoms with van der Waals surface area (Å²) in [5, 5.41) is 2.16. The molecular formula is C20H21N5O4. The Labute approximate surface area is 166 Å². The third-order valence-electron chi connectivity index (χ3n) is 5.46. The number of anilines is 2. The molecule has 3 amide bonds. The van der Waals surface area contributed by atoms with Gasteiger partial charge in [0.1, 0.15) is 5.82 Å². The Bertz CT molecular complexity index is 1110. The second kappa shape index (κ2) is 6.77. The first-order valence-electron chi connectivity index (χ1n) is 9.30. The Hall–Kier alpha value is -3.62. The molecule has 0 atom stereocenters. The zero-order valence-electron chi connectivity index (χ0n) is 16.2. The van der Waals surface area contributed by atoms with Crippen LogP contribution < -0.4 is 21.5 Å². The van der Waals surface area contributed by atoms with Gasteiger partial charge in [0.15, 0.2) is 0 Å². The van der Waals surface area contributed by atoms with Crippen molar-refractivity contribution in [3.63, 3.8) is 0 Å². The summed E-state index contributed by atoms with van der Waals surface area (Å²) in [5.74, 6) is -1.20. The maximum Gasteiger partial charge on any atom is 0.262 e. The van der Waals surface area contributed by atoms with Crippen LogP contribution in [0.15, 0.2) is 29.1 Å². The normalized spacial score (nSPS) is 16.1. The molecule has 9 heteroatoms. The molecule has 150 valence electrons. The second-order valence-corrected chi connectivity index (χ2v) is 7.24. The molecule has 1 saturated heterocycles. The van der Waals surface area contributed by atoms with Gasteiger partial charge in [-0.3, -0.25) is 29.1 Å². The molecule has 0 aliphatic carbocycles. The number of benzene rings is 1. The Morgan fingerprint density at radius 1 is 1.03 bits per heavy atom. The fourth-order valence-electron chi connectivity index (χ4n) is 3.94. The van der Waals surface area contributed by atoms with Crippen molar-refractivity contribution in [1.29, 1.82) is 0 Å². The number of carbonyl (C=O) groups is 3. The molecule has 1 fully saturated rings. The van der Waals surface area contributed by atoms with E-state index < -0.39 is 17.4 Å². The van der Waals surface area contributed by atoms with Gasteiger partial charge in [-0.05, 0) is 30.7 Å². The Balaban J connectivity index is 1.69. The van der Waals surface area contributed by atoms with Gasteiger partial charge in [0.2, 0.25) is 5.91 Å². The summed E-state index contributed by atoms with van der Waals surface area (Å²) >= 11 is 0. The van der Waals surface area contributed by atoms with Crippen LogP contribution in [0.1, 0.15) is 33.2 Å². The van der Waals surface area contributed by atoms with Gasteiger partial charge in [0.05, 0.1) is 16.8 Å². The third-order valence-corrected chi connectivity index (χ3v) is 5.46. The van der Waals surface area contributed by atoms with Crippen LogP contribution in [0.25, 0.3) is 5.69 Å². The number of pyridine rings is 1. The lowest BCUT2D eigenvalue weighted by atomic mass is 10.1. The number of piperazine rings is 1. The van der Waals surface area contributed by atoms with Gasteiger partial charge in [-0.1, -0.05) is 0 Å². The number of fused-ring (bicyclic) bond motifs is 1. The highest BCUT2D eigenvalue weighted by Crippen LogP contribution is 2.27. The molecule has 4 rings (SSSR count). The van der Waals surface area contributed by atoms with Crippen LogP contribution in [0.2, 0.25) is 0 Å². The number of amides is 3. The molecule has 9 nitrogen and oxygen atoms in total. The summed E-state index contributed by atoms with van der Waals surface area (Å²) in [5.41, 5.74) is 8.12. The number of rotatable bonds is 2. The van der Waals surface area contributed by atoms with E-state index in [2.05, 4.69) is 10.2 Å². The van der Waals surface area contributed by atoms with Gasteiger partial charge in [-0.2, -0.15) is 0 Å². The van der Waals surface area contributed by atoms with E-state index in [-0.39, 0.29) is 22.9 Å². The summed E-state index contributed by atoms with van der Waals surface area (Å²) in [4.78, 5) is 52.0. The SMILES string of the molecule is CC(=O)N1CCN(c2ccc(-n3c(N)c4c(cc3=O)C(=O)NC4=O)cc2C)CC1. The van der Waals surface area contributed by atoms with E-state index in [1.165, 1.54) is 4.57 Å². The van der Waals surface area contributed by atoms with E-state index in [1.54, 1.807) is 13.0 Å². The number of aromatic nitrogens is 1. The molecule has 2 aliphatic rings. The summed E-state index contributed by atoms with van der Waals surface area (Å²) in [6.07, 6.45) is 0. The number of imide groups is 1. The van der Waals surface area contributed by atoms with Gasteiger partial charge in [-0.15, -0.1) is 0 Å². The van der Waals surface area contributed by atoms with Crippen molar-refractivity contribution in [1.82, 2.24) is 14.8 Å². The fourth-order valence-corrected chi connectivity index (χ4v) is 3.94. The summed E-state index contributed by atoms with van der Waals surface area (Å²) in [6, 6.07) is 6.62. The first kappa shape index (κ1) is 18.7. The number of nitrogens with one attached hydrogen (secondary N) is 1. The molecule has 3 heterocycles. The van der Waals surface area contributed by atoms with Crippen LogP contribution in [0.3, 0.4) is 0 Å². The molecule has 0 bridgehead atoms. The van der Waals surface area contributed by atoms with Crippen molar-refractivity contribution in [2.75, 3.05) is 36.8 Å².